The van der Waals surface area contributed by atoms with E-state index in [1.165, 1.54) is 0 Å². The molecule has 1 aromatic carbocycles. The van der Waals surface area contributed by atoms with Crippen LogP contribution in [0.25, 0.3) is 0 Å². The van der Waals surface area contributed by atoms with E-state index in [1.807, 2.05) is 29.2 Å². The molecule has 22 heavy (non-hydrogen) atoms. The molecule has 1 amide bonds. The summed E-state index contributed by atoms with van der Waals surface area (Å²) in [5.74, 6) is 0.882. The first-order chi connectivity index (χ1) is 10.7. The van der Waals surface area contributed by atoms with Crippen molar-refractivity contribution in [2.75, 3.05) is 13.1 Å². The Morgan fingerprint density at radius 2 is 2.00 bits per heavy atom. The number of hydrogen-bond acceptors (Lipinski definition) is 4. The van der Waals surface area contributed by atoms with Gasteiger partial charge in [-0.3, -0.25) is 4.79 Å². The van der Waals surface area contributed by atoms with Gasteiger partial charge in [0.15, 0.2) is 0 Å². The van der Waals surface area contributed by atoms with E-state index in [9.17, 15) is 4.79 Å². The summed E-state index contributed by atoms with van der Waals surface area (Å²) < 4.78 is 7.46. The van der Waals surface area contributed by atoms with E-state index in [0.717, 1.165) is 18.6 Å². The molecule has 0 N–H and O–H groups in total. The summed E-state index contributed by atoms with van der Waals surface area (Å²) in [6.45, 7) is 1.64. The lowest BCUT2D eigenvalue weighted by Gasteiger charge is -2.32. The molecule has 0 aliphatic carbocycles. The zero-order chi connectivity index (χ0) is 15.4. The lowest BCUT2D eigenvalue weighted by molar-refractivity contribution is -0.133. The van der Waals surface area contributed by atoms with E-state index in [0.29, 0.717) is 18.1 Å². The van der Waals surface area contributed by atoms with Gasteiger partial charge in [0.2, 0.25) is 5.91 Å². The number of nitrogens with zero attached hydrogens (tertiary/aromatic N) is 4. The second kappa shape index (κ2) is 6.79. The molecule has 3 rings (SSSR count). The van der Waals surface area contributed by atoms with Crippen molar-refractivity contribution >= 4 is 17.5 Å². The quantitative estimate of drug-likeness (QED) is 0.864. The lowest BCUT2D eigenvalue weighted by Crippen LogP contribution is -2.43. The fourth-order valence-corrected chi connectivity index (χ4v) is 2.61. The van der Waals surface area contributed by atoms with Crippen LogP contribution in [-0.2, 0) is 11.3 Å². The minimum atomic E-state index is 0.0652. The van der Waals surface area contributed by atoms with E-state index in [2.05, 4.69) is 10.3 Å². The van der Waals surface area contributed by atoms with Crippen LogP contribution < -0.4 is 4.74 Å². The molecule has 7 heteroatoms. The second-order valence-electron chi connectivity index (χ2n) is 5.25. The fraction of sp³-hybridized carbons (Fsp3) is 0.400. The number of aromatic nitrogens is 3. The summed E-state index contributed by atoms with van der Waals surface area (Å²) in [6, 6.07) is 7.36. The number of ether oxygens (including phenoxy) is 1. The maximum atomic E-state index is 12.1. The number of likely N-dealkylation sites (tertiary alicyclic amines) is 1. The molecule has 6 nitrogen and oxygen atoms in total. The Labute approximate surface area is 133 Å². The number of hydrogen-bond donors (Lipinski definition) is 0. The maximum Gasteiger partial charge on any atom is 0.244 e. The third-order valence-corrected chi connectivity index (χ3v) is 3.93. The molecule has 1 aliphatic rings. The van der Waals surface area contributed by atoms with Crippen LogP contribution in [0.5, 0.6) is 5.75 Å². The highest BCUT2D eigenvalue weighted by Gasteiger charge is 2.24. The van der Waals surface area contributed by atoms with Crippen LogP contribution in [0.1, 0.15) is 12.8 Å². The highest BCUT2D eigenvalue weighted by molar-refractivity contribution is 6.30. The third-order valence-electron chi connectivity index (χ3n) is 3.68. The standard InChI is InChI=1S/C15H17ClN4O2/c16-12-1-3-13(4-2-12)22-14-5-8-19(9-6-14)15(21)11-20-10-7-17-18-20/h1-4,7,10,14H,5-6,8-9,11H2. The Bertz CT molecular complexity index is 607. The monoisotopic (exact) mass is 320 g/mol. The summed E-state index contributed by atoms with van der Waals surface area (Å²) in [7, 11) is 0. The van der Waals surface area contributed by atoms with Crippen molar-refractivity contribution in [3.05, 3.63) is 41.7 Å². The molecule has 0 bridgehead atoms. The van der Waals surface area contributed by atoms with Gasteiger partial charge in [-0.25, -0.2) is 4.68 Å². The van der Waals surface area contributed by atoms with Gasteiger partial charge in [-0.05, 0) is 24.3 Å². The number of piperidine rings is 1. The number of rotatable bonds is 4. The first-order valence-electron chi connectivity index (χ1n) is 7.25. The topological polar surface area (TPSA) is 60.2 Å². The highest BCUT2D eigenvalue weighted by atomic mass is 35.5. The minimum Gasteiger partial charge on any atom is -0.490 e. The molecule has 1 saturated heterocycles. The fourth-order valence-electron chi connectivity index (χ4n) is 2.48. The van der Waals surface area contributed by atoms with Gasteiger partial charge in [0.1, 0.15) is 18.4 Å². The van der Waals surface area contributed by atoms with Gasteiger partial charge in [0, 0.05) is 37.2 Å². The van der Waals surface area contributed by atoms with E-state index in [1.54, 1.807) is 17.1 Å². The van der Waals surface area contributed by atoms with Crippen LogP contribution >= 0.6 is 11.6 Å². The largest absolute Gasteiger partial charge is 0.490 e. The van der Waals surface area contributed by atoms with Gasteiger partial charge in [-0.1, -0.05) is 16.8 Å². The first kappa shape index (κ1) is 14.8. The molecular weight excluding hydrogens is 304 g/mol. The van der Waals surface area contributed by atoms with Crippen LogP contribution in [0, 0.1) is 0 Å². The average Bonchev–Trinajstić information content (AvgIpc) is 3.03. The Morgan fingerprint density at radius 3 is 2.64 bits per heavy atom. The SMILES string of the molecule is O=C(Cn1ccnn1)N1CCC(Oc2ccc(Cl)cc2)CC1. The lowest BCUT2D eigenvalue weighted by atomic mass is 10.1. The second-order valence-corrected chi connectivity index (χ2v) is 5.69. The van der Waals surface area contributed by atoms with Gasteiger partial charge in [0.25, 0.3) is 0 Å². The minimum absolute atomic E-state index is 0.0652. The summed E-state index contributed by atoms with van der Waals surface area (Å²) in [5.41, 5.74) is 0. The van der Waals surface area contributed by atoms with Crippen molar-refractivity contribution in [3.8, 4) is 5.75 Å². The molecular formula is C15H17ClN4O2. The van der Waals surface area contributed by atoms with Crippen molar-refractivity contribution in [2.45, 2.75) is 25.5 Å². The van der Waals surface area contributed by atoms with Crippen LogP contribution in [0.3, 0.4) is 0 Å². The van der Waals surface area contributed by atoms with Gasteiger partial charge >= 0.3 is 0 Å². The predicted octanol–water partition coefficient (Wildman–Crippen LogP) is 2.00. The molecule has 1 fully saturated rings. The van der Waals surface area contributed by atoms with Crippen molar-refractivity contribution < 1.29 is 9.53 Å². The molecule has 116 valence electrons. The van der Waals surface area contributed by atoms with Crippen molar-refractivity contribution in [2.24, 2.45) is 0 Å². The van der Waals surface area contributed by atoms with Gasteiger partial charge in [0.05, 0.1) is 6.20 Å². The summed E-state index contributed by atoms with van der Waals surface area (Å²) in [6.07, 6.45) is 5.04. The predicted molar refractivity (Wildman–Crippen MR) is 81.7 cm³/mol. The number of benzene rings is 1. The number of halogens is 1. The van der Waals surface area contributed by atoms with Gasteiger partial charge in [-0.2, -0.15) is 0 Å². The van der Waals surface area contributed by atoms with E-state index in [-0.39, 0.29) is 18.6 Å². The molecule has 0 unspecified atom stereocenters. The number of amides is 1. The Morgan fingerprint density at radius 1 is 1.27 bits per heavy atom. The van der Waals surface area contributed by atoms with Crippen molar-refractivity contribution in [3.63, 3.8) is 0 Å². The summed E-state index contributed by atoms with van der Waals surface area (Å²) >= 11 is 5.86. The van der Waals surface area contributed by atoms with Crippen molar-refractivity contribution in [1.82, 2.24) is 19.9 Å². The zero-order valence-electron chi connectivity index (χ0n) is 12.1. The van der Waals surface area contributed by atoms with Gasteiger partial charge in [-0.15, -0.1) is 5.10 Å². The molecule has 2 heterocycles. The van der Waals surface area contributed by atoms with E-state index >= 15 is 0 Å². The molecule has 0 atom stereocenters. The average molecular weight is 321 g/mol. The van der Waals surface area contributed by atoms with Crippen molar-refractivity contribution in [1.29, 1.82) is 0 Å². The van der Waals surface area contributed by atoms with Crippen LogP contribution in [0.2, 0.25) is 5.02 Å². The molecule has 0 saturated carbocycles. The third kappa shape index (κ3) is 3.76. The Kier molecular flexibility index (Phi) is 4.58. The van der Waals surface area contributed by atoms with Crippen LogP contribution in [-0.4, -0.2) is 45.0 Å². The first-order valence-corrected chi connectivity index (χ1v) is 7.62. The Hall–Kier alpha value is -2.08. The molecule has 2 aromatic rings. The van der Waals surface area contributed by atoms with Gasteiger partial charge < -0.3 is 9.64 Å². The van der Waals surface area contributed by atoms with E-state index in [4.69, 9.17) is 16.3 Å². The summed E-state index contributed by atoms with van der Waals surface area (Å²) in [5, 5.41) is 8.21. The molecule has 0 radical (unpaired) electrons. The number of carbonyl (C=O) groups excluding carboxylic acids is 1. The normalized spacial score (nSPS) is 15.8. The zero-order valence-corrected chi connectivity index (χ0v) is 12.8. The number of carbonyl (C=O) groups is 1. The Balaban J connectivity index is 1.47. The summed E-state index contributed by atoms with van der Waals surface area (Å²) in [4.78, 5) is 14.0. The van der Waals surface area contributed by atoms with Crippen LogP contribution in [0.15, 0.2) is 36.7 Å². The smallest absolute Gasteiger partial charge is 0.244 e. The maximum absolute atomic E-state index is 12.1. The molecule has 1 aliphatic heterocycles. The van der Waals surface area contributed by atoms with E-state index < -0.39 is 0 Å². The van der Waals surface area contributed by atoms with Crippen LogP contribution in [0.4, 0.5) is 0 Å². The highest BCUT2D eigenvalue weighted by Crippen LogP contribution is 2.21. The molecule has 1 aromatic heterocycles. The molecule has 0 spiro atoms.